The second kappa shape index (κ2) is 5.92. The van der Waals surface area contributed by atoms with Crippen LogP contribution in [0.25, 0.3) is 0 Å². The van der Waals surface area contributed by atoms with E-state index in [-0.39, 0.29) is 4.75 Å². The van der Waals surface area contributed by atoms with E-state index in [1.54, 1.807) is 12.4 Å². The molecule has 0 radical (unpaired) electrons. The predicted molar refractivity (Wildman–Crippen MR) is 77.9 cm³/mol. The molecule has 0 N–H and O–H groups in total. The van der Waals surface area contributed by atoms with Crippen LogP contribution >= 0.6 is 0 Å². The summed E-state index contributed by atoms with van der Waals surface area (Å²) in [5, 5.41) is 0. The molecule has 2 rings (SSSR count). The van der Waals surface area contributed by atoms with Crippen molar-refractivity contribution in [2.75, 3.05) is 6.61 Å². The first kappa shape index (κ1) is 14.3. The Balaban J connectivity index is 1.88. The van der Waals surface area contributed by atoms with Gasteiger partial charge in [0.05, 0.1) is 18.5 Å². The van der Waals surface area contributed by atoms with Crippen molar-refractivity contribution in [1.82, 2.24) is 4.98 Å². The van der Waals surface area contributed by atoms with Crippen LogP contribution in [-0.2, 0) is 11.4 Å². The highest BCUT2D eigenvalue weighted by Gasteiger charge is 2.25. The fraction of sp³-hybridized carbons (Fsp3) is 0.571. The van der Waals surface area contributed by atoms with Gasteiger partial charge in [0.2, 0.25) is 0 Å². The fourth-order valence-electron chi connectivity index (χ4n) is 1.31. The van der Waals surface area contributed by atoms with Crippen LogP contribution in [0, 0.1) is 5.92 Å². The van der Waals surface area contributed by atoms with Crippen LogP contribution in [0.3, 0.4) is 0 Å². The van der Waals surface area contributed by atoms with Crippen LogP contribution in [-0.4, -0.2) is 27.1 Å². The fourth-order valence-corrected chi connectivity index (χ4v) is 1.83. The summed E-state index contributed by atoms with van der Waals surface area (Å²) in [5.41, 5.74) is 0.691. The van der Waals surface area contributed by atoms with E-state index in [4.69, 9.17) is 4.74 Å². The second-order valence-corrected chi connectivity index (χ2v) is 7.70. The van der Waals surface area contributed by atoms with E-state index in [9.17, 15) is 4.55 Å². The highest BCUT2D eigenvalue weighted by molar-refractivity contribution is 7.91. The molecule has 1 aromatic rings. The van der Waals surface area contributed by atoms with Crippen molar-refractivity contribution in [3.05, 3.63) is 24.0 Å². The third-order valence-corrected chi connectivity index (χ3v) is 4.09. The molecule has 1 fully saturated rings. The number of aromatic nitrogens is 1. The van der Waals surface area contributed by atoms with Crippen LogP contribution < -0.4 is 4.74 Å². The Hall–Kier alpha value is -1.07. The van der Waals surface area contributed by atoms with Crippen LogP contribution in [0.5, 0.6) is 5.75 Å². The average Bonchev–Trinajstić information content (AvgIpc) is 3.17. The molecule has 4 nitrogen and oxygen atoms in total. The van der Waals surface area contributed by atoms with Gasteiger partial charge >= 0.3 is 0 Å². The van der Waals surface area contributed by atoms with Crippen molar-refractivity contribution >= 4 is 17.6 Å². The van der Waals surface area contributed by atoms with E-state index < -0.39 is 11.4 Å². The summed E-state index contributed by atoms with van der Waals surface area (Å²) < 4.78 is 21.0. The van der Waals surface area contributed by atoms with Crippen LogP contribution in [0.15, 0.2) is 22.7 Å². The van der Waals surface area contributed by atoms with Crippen LogP contribution in [0.4, 0.5) is 0 Å². The molecule has 0 aromatic carbocycles. The zero-order valence-corrected chi connectivity index (χ0v) is 12.4. The lowest BCUT2D eigenvalue weighted by molar-refractivity contribution is 0.298. The Kier molecular flexibility index (Phi) is 4.47. The van der Waals surface area contributed by atoms with Gasteiger partial charge < -0.3 is 9.29 Å². The Morgan fingerprint density at radius 1 is 1.47 bits per heavy atom. The minimum Gasteiger partial charge on any atom is -0.591 e. The van der Waals surface area contributed by atoms with Crippen LogP contribution in [0.2, 0.25) is 0 Å². The van der Waals surface area contributed by atoms with E-state index in [0.29, 0.717) is 5.69 Å². The zero-order chi connectivity index (χ0) is 13.9. The third-order valence-electron chi connectivity index (χ3n) is 2.75. The van der Waals surface area contributed by atoms with Gasteiger partial charge in [-0.05, 0) is 51.7 Å². The first-order valence-electron chi connectivity index (χ1n) is 6.50. The number of ether oxygens (including phenoxy) is 1. The molecular formula is C14H20N2O2S. The molecule has 1 aromatic heterocycles. The summed E-state index contributed by atoms with van der Waals surface area (Å²) in [5.74, 6) is 1.51. The van der Waals surface area contributed by atoms with Crippen LogP contribution in [0.1, 0.15) is 39.3 Å². The van der Waals surface area contributed by atoms with Gasteiger partial charge in [0.15, 0.2) is 0 Å². The topological polar surface area (TPSA) is 57.5 Å². The average molecular weight is 280 g/mol. The van der Waals surface area contributed by atoms with E-state index in [1.165, 1.54) is 12.8 Å². The minimum absolute atomic E-state index is 0.343. The molecule has 1 aliphatic rings. The van der Waals surface area contributed by atoms with Gasteiger partial charge in [-0.3, -0.25) is 4.98 Å². The number of pyridine rings is 1. The van der Waals surface area contributed by atoms with Crippen molar-refractivity contribution in [2.24, 2.45) is 10.3 Å². The number of hydrogen-bond acceptors (Lipinski definition) is 4. The minimum atomic E-state index is -1.25. The standard InChI is InChI=1S/C14H20N2O2S/c1-14(2,3)19(17)16-8-12-6-7-13(9-15-12)18-10-11-4-5-11/h6-9,11H,4-5,10H2,1-3H3/b16-8+. The van der Waals surface area contributed by atoms with Gasteiger partial charge in [0, 0.05) is 0 Å². The van der Waals surface area contributed by atoms with Gasteiger partial charge in [-0.1, -0.05) is 4.40 Å². The molecule has 104 valence electrons. The number of rotatable bonds is 5. The molecule has 1 saturated carbocycles. The smallest absolute Gasteiger partial charge is 0.144 e. The Labute approximate surface area is 117 Å². The summed E-state index contributed by atoms with van der Waals surface area (Å²) >= 11 is -1.25. The summed E-state index contributed by atoms with van der Waals surface area (Å²) in [6.07, 6.45) is 5.78. The quantitative estimate of drug-likeness (QED) is 0.615. The third kappa shape index (κ3) is 4.84. The lowest BCUT2D eigenvalue weighted by atomic mass is 10.3. The largest absolute Gasteiger partial charge is 0.591 e. The second-order valence-electron chi connectivity index (χ2n) is 5.77. The maximum absolute atomic E-state index is 11.7. The first-order valence-corrected chi connectivity index (χ1v) is 7.61. The van der Waals surface area contributed by atoms with Gasteiger partial charge in [-0.2, -0.15) is 0 Å². The molecule has 1 heterocycles. The summed E-state index contributed by atoms with van der Waals surface area (Å²) in [4.78, 5) is 4.22. The molecule has 5 heteroatoms. The Morgan fingerprint density at radius 3 is 2.74 bits per heavy atom. The highest BCUT2D eigenvalue weighted by Crippen LogP contribution is 2.29. The normalized spacial score (nSPS) is 17.7. The molecule has 1 atom stereocenters. The zero-order valence-electron chi connectivity index (χ0n) is 11.6. The Bertz CT molecular complexity index is 436. The summed E-state index contributed by atoms with van der Waals surface area (Å²) in [6, 6.07) is 3.70. The SMILES string of the molecule is CC(C)(C)[S+]([O-])/N=C/c1ccc(OCC2CC2)cn1. The molecule has 0 bridgehead atoms. The van der Waals surface area contributed by atoms with Gasteiger partial charge in [0.25, 0.3) is 0 Å². The summed E-state index contributed by atoms with van der Waals surface area (Å²) in [6.45, 7) is 6.46. The van der Waals surface area contributed by atoms with E-state index in [0.717, 1.165) is 18.3 Å². The van der Waals surface area contributed by atoms with Crippen molar-refractivity contribution in [3.63, 3.8) is 0 Å². The Morgan fingerprint density at radius 2 is 2.21 bits per heavy atom. The van der Waals surface area contributed by atoms with E-state index in [2.05, 4.69) is 9.38 Å². The van der Waals surface area contributed by atoms with Crippen molar-refractivity contribution < 1.29 is 9.29 Å². The van der Waals surface area contributed by atoms with E-state index >= 15 is 0 Å². The molecule has 19 heavy (non-hydrogen) atoms. The van der Waals surface area contributed by atoms with Gasteiger partial charge in [-0.15, -0.1) is 0 Å². The molecule has 0 saturated heterocycles. The van der Waals surface area contributed by atoms with Crippen molar-refractivity contribution in [1.29, 1.82) is 0 Å². The first-order chi connectivity index (χ1) is 8.95. The van der Waals surface area contributed by atoms with Crippen molar-refractivity contribution in [3.8, 4) is 5.75 Å². The molecule has 1 unspecified atom stereocenters. The molecular weight excluding hydrogens is 260 g/mol. The number of nitrogens with zero attached hydrogens (tertiary/aromatic N) is 2. The molecule has 0 aliphatic heterocycles. The highest BCUT2D eigenvalue weighted by atomic mass is 32.2. The molecule has 1 aliphatic carbocycles. The lowest BCUT2D eigenvalue weighted by Gasteiger charge is -2.17. The van der Waals surface area contributed by atoms with E-state index in [1.807, 2.05) is 32.9 Å². The predicted octanol–water partition coefficient (Wildman–Crippen LogP) is 2.75. The van der Waals surface area contributed by atoms with Gasteiger partial charge in [0.1, 0.15) is 28.1 Å². The molecule has 0 spiro atoms. The summed E-state index contributed by atoms with van der Waals surface area (Å²) in [7, 11) is 0. The van der Waals surface area contributed by atoms with Gasteiger partial charge in [-0.25, -0.2) is 0 Å². The molecule has 0 amide bonds. The monoisotopic (exact) mass is 280 g/mol. The number of hydrogen-bond donors (Lipinski definition) is 0. The lowest BCUT2D eigenvalue weighted by Crippen LogP contribution is -2.25. The van der Waals surface area contributed by atoms with Crippen molar-refractivity contribution in [2.45, 2.75) is 38.4 Å². The maximum atomic E-state index is 11.7. The maximum Gasteiger partial charge on any atom is 0.144 e.